The summed E-state index contributed by atoms with van der Waals surface area (Å²) in [6.45, 7) is 4.03. The average molecular weight is 266 g/mol. The van der Waals surface area contributed by atoms with Crippen LogP contribution in [0.25, 0.3) is 0 Å². The molecule has 0 bridgehead atoms. The summed E-state index contributed by atoms with van der Waals surface area (Å²) in [5, 5.41) is 0. The second kappa shape index (κ2) is 6.36. The van der Waals surface area contributed by atoms with Gasteiger partial charge in [-0.2, -0.15) is 4.98 Å². The lowest BCUT2D eigenvalue weighted by Gasteiger charge is -2.18. The number of rotatable bonds is 4. The monoisotopic (exact) mass is 266 g/mol. The second-order valence-electron chi connectivity index (χ2n) is 4.62. The van der Waals surface area contributed by atoms with Crippen molar-refractivity contribution in [1.29, 1.82) is 0 Å². The number of anilines is 1. The van der Waals surface area contributed by atoms with Crippen molar-refractivity contribution < 1.29 is 9.53 Å². The van der Waals surface area contributed by atoms with Crippen molar-refractivity contribution in [3.8, 4) is 5.88 Å². The van der Waals surface area contributed by atoms with Gasteiger partial charge in [-0.25, -0.2) is 9.78 Å². The first-order valence-corrected chi connectivity index (χ1v) is 6.36. The highest BCUT2D eigenvalue weighted by Crippen LogP contribution is 2.23. The van der Waals surface area contributed by atoms with Crippen LogP contribution in [0.2, 0.25) is 0 Å². The Morgan fingerprint density at radius 3 is 2.16 bits per heavy atom. The Labute approximate surface area is 114 Å². The van der Waals surface area contributed by atoms with Gasteiger partial charge in [0.2, 0.25) is 11.8 Å². The lowest BCUT2D eigenvalue weighted by Crippen LogP contribution is -2.27. The van der Waals surface area contributed by atoms with Gasteiger partial charge in [0.15, 0.2) is 0 Å². The third-order valence-corrected chi connectivity index (χ3v) is 2.68. The molecule has 19 heavy (non-hydrogen) atoms. The molecule has 0 spiro atoms. The zero-order chi connectivity index (χ0) is 14.6. The number of hydrogen-bond acceptors (Lipinski definition) is 5. The van der Waals surface area contributed by atoms with Gasteiger partial charge in [0.25, 0.3) is 0 Å². The SMILES string of the molecule is CCc1nc(N(C)C)nc(OC(=O)N(C)C)c1CC. The fourth-order valence-electron chi connectivity index (χ4n) is 1.60. The predicted octanol–water partition coefficient (Wildman–Crippen LogP) is 1.73. The standard InChI is InChI=1S/C13H22N4O2/c1-7-9-10(8-2)14-12(16(3)4)15-11(9)19-13(18)17(5)6/h7-8H2,1-6H3. The summed E-state index contributed by atoms with van der Waals surface area (Å²) in [6, 6.07) is 0. The minimum absolute atomic E-state index is 0.358. The maximum absolute atomic E-state index is 11.7. The number of carbonyl (C=O) groups excluding carboxylic acids is 1. The number of amides is 1. The fraction of sp³-hybridized carbons (Fsp3) is 0.615. The molecule has 1 heterocycles. The topological polar surface area (TPSA) is 58.6 Å². The summed E-state index contributed by atoms with van der Waals surface area (Å²) in [5.74, 6) is 0.910. The van der Waals surface area contributed by atoms with Gasteiger partial charge in [-0.15, -0.1) is 0 Å². The van der Waals surface area contributed by atoms with Gasteiger partial charge in [-0.1, -0.05) is 13.8 Å². The van der Waals surface area contributed by atoms with E-state index in [2.05, 4.69) is 9.97 Å². The van der Waals surface area contributed by atoms with Gasteiger partial charge in [-0.3, -0.25) is 0 Å². The maximum atomic E-state index is 11.7. The van der Waals surface area contributed by atoms with Crippen LogP contribution < -0.4 is 9.64 Å². The van der Waals surface area contributed by atoms with Gasteiger partial charge in [0.1, 0.15) is 0 Å². The van der Waals surface area contributed by atoms with E-state index in [4.69, 9.17) is 4.74 Å². The number of hydrogen-bond donors (Lipinski definition) is 0. The van der Waals surface area contributed by atoms with E-state index in [-0.39, 0.29) is 0 Å². The Hall–Kier alpha value is -1.85. The third kappa shape index (κ3) is 3.56. The minimum Gasteiger partial charge on any atom is -0.391 e. The molecule has 1 aromatic heterocycles. The first-order valence-electron chi connectivity index (χ1n) is 6.36. The Balaban J connectivity index is 3.25. The van der Waals surface area contributed by atoms with Crippen LogP contribution in [-0.4, -0.2) is 49.2 Å². The molecule has 0 aromatic carbocycles. The molecule has 6 nitrogen and oxygen atoms in total. The van der Waals surface area contributed by atoms with E-state index in [1.54, 1.807) is 19.0 Å². The van der Waals surface area contributed by atoms with Crippen LogP contribution in [0.1, 0.15) is 25.1 Å². The smallest absolute Gasteiger partial charge is 0.391 e. The molecule has 0 unspecified atom stereocenters. The summed E-state index contributed by atoms with van der Waals surface area (Å²) < 4.78 is 5.34. The molecule has 0 saturated carbocycles. The average Bonchev–Trinajstić information content (AvgIpc) is 2.37. The molecular weight excluding hydrogens is 244 g/mol. The minimum atomic E-state index is -0.430. The summed E-state index contributed by atoms with van der Waals surface area (Å²) in [7, 11) is 7.00. The van der Waals surface area contributed by atoms with Crippen molar-refractivity contribution in [1.82, 2.24) is 14.9 Å². The van der Waals surface area contributed by atoms with Crippen LogP contribution >= 0.6 is 0 Å². The number of carbonyl (C=O) groups is 1. The molecule has 0 aliphatic carbocycles. The molecule has 0 saturated heterocycles. The molecule has 0 fully saturated rings. The van der Waals surface area contributed by atoms with Crippen molar-refractivity contribution in [3.05, 3.63) is 11.3 Å². The van der Waals surface area contributed by atoms with Gasteiger partial charge < -0.3 is 14.5 Å². The first kappa shape index (κ1) is 15.2. The van der Waals surface area contributed by atoms with Crippen LogP contribution in [0.4, 0.5) is 10.7 Å². The lowest BCUT2D eigenvalue weighted by atomic mass is 10.1. The zero-order valence-electron chi connectivity index (χ0n) is 12.5. The largest absolute Gasteiger partial charge is 0.416 e. The molecule has 1 aromatic rings. The molecule has 6 heteroatoms. The maximum Gasteiger partial charge on any atom is 0.416 e. The van der Waals surface area contributed by atoms with Gasteiger partial charge in [0, 0.05) is 33.8 Å². The van der Waals surface area contributed by atoms with E-state index in [1.165, 1.54) is 4.90 Å². The highest BCUT2D eigenvalue weighted by atomic mass is 16.6. The number of nitrogens with zero attached hydrogens (tertiary/aromatic N) is 4. The molecule has 106 valence electrons. The Morgan fingerprint density at radius 2 is 1.74 bits per heavy atom. The Bertz CT molecular complexity index is 458. The van der Waals surface area contributed by atoms with Gasteiger partial charge >= 0.3 is 6.09 Å². The predicted molar refractivity (Wildman–Crippen MR) is 74.8 cm³/mol. The molecular formula is C13H22N4O2. The molecule has 0 N–H and O–H groups in total. The molecule has 1 rings (SSSR count). The van der Waals surface area contributed by atoms with Crippen molar-refractivity contribution >= 4 is 12.0 Å². The molecule has 0 aliphatic heterocycles. The summed E-state index contributed by atoms with van der Waals surface area (Å²) in [6.07, 6.45) is 1.08. The fourth-order valence-corrected chi connectivity index (χ4v) is 1.60. The first-order chi connectivity index (χ1) is 8.90. The molecule has 0 aliphatic rings. The van der Waals surface area contributed by atoms with Crippen molar-refractivity contribution in [2.75, 3.05) is 33.1 Å². The van der Waals surface area contributed by atoms with Gasteiger partial charge in [-0.05, 0) is 12.8 Å². The van der Waals surface area contributed by atoms with Crippen LogP contribution in [0, 0.1) is 0 Å². The Morgan fingerprint density at radius 1 is 1.11 bits per heavy atom. The Kier molecular flexibility index (Phi) is 5.09. The van der Waals surface area contributed by atoms with Crippen LogP contribution in [-0.2, 0) is 12.8 Å². The van der Waals surface area contributed by atoms with E-state index < -0.39 is 6.09 Å². The summed E-state index contributed by atoms with van der Waals surface area (Å²) in [4.78, 5) is 23.7. The normalized spacial score (nSPS) is 10.2. The summed E-state index contributed by atoms with van der Waals surface area (Å²) >= 11 is 0. The molecule has 0 radical (unpaired) electrons. The number of aromatic nitrogens is 2. The van der Waals surface area contributed by atoms with Crippen molar-refractivity contribution in [2.45, 2.75) is 26.7 Å². The van der Waals surface area contributed by atoms with E-state index in [1.807, 2.05) is 27.9 Å². The lowest BCUT2D eigenvalue weighted by molar-refractivity contribution is 0.169. The zero-order valence-corrected chi connectivity index (χ0v) is 12.5. The molecule has 0 atom stereocenters. The number of aryl methyl sites for hydroxylation is 1. The van der Waals surface area contributed by atoms with Crippen molar-refractivity contribution in [3.63, 3.8) is 0 Å². The van der Waals surface area contributed by atoms with Crippen LogP contribution in [0.5, 0.6) is 5.88 Å². The van der Waals surface area contributed by atoms with E-state index in [0.29, 0.717) is 11.8 Å². The van der Waals surface area contributed by atoms with Crippen LogP contribution in [0.3, 0.4) is 0 Å². The van der Waals surface area contributed by atoms with Crippen molar-refractivity contribution in [2.24, 2.45) is 0 Å². The number of ether oxygens (including phenoxy) is 1. The van der Waals surface area contributed by atoms with E-state index >= 15 is 0 Å². The highest BCUT2D eigenvalue weighted by Gasteiger charge is 2.17. The summed E-state index contributed by atoms with van der Waals surface area (Å²) in [5.41, 5.74) is 1.81. The third-order valence-electron chi connectivity index (χ3n) is 2.68. The van der Waals surface area contributed by atoms with E-state index in [9.17, 15) is 4.79 Å². The van der Waals surface area contributed by atoms with Gasteiger partial charge in [0.05, 0.1) is 5.69 Å². The van der Waals surface area contributed by atoms with Crippen LogP contribution in [0.15, 0.2) is 0 Å². The second-order valence-corrected chi connectivity index (χ2v) is 4.62. The molecule has 1 amide bonds. The van der Waals surface area contributed by atoms with E-state index in [0.717, 1.165) is 24.1 Å². The quantitative estimate of drug-likeness (QED) is 0.830. The highest BCUT2D eigenvalue weighted by molar-refractivity contribution is 5.70.